The zero-order valence-corrected chi connectivity index (χ0v) is 16.9. The lowest BCUT2D eigenvalue weighted by molar-refractivity contribution is -0.143. The van der Waals surface area contributed by atoms with Crippen LogP contribution in [0, 0.1) is 0 Å². The largest absolute Gasteiger partial charge is 0.466 e. The van der Waals surface area contributed by atoms with Crippen LogP contribution in [0.25, 0.3) is 0 Å². The number of esters is 1. The van der Waals surface area contributed by atoms with E-state index in [1.165, 1.54) is 4.68 Å². The highest BCUT2D eigenvalue weighted by Crippen LogP contribution is 2.09. The van der Waals surface area contributed by atoms with Crippen molar-refractivity contribution < 1.29 is 14.3 Å². The second-order valence-corrected chi connectivity index (χ2v) is 7.04. The maximum absolute atomic E-state index is 12.2. The number of urea groups is 1. The Morgan fingerprint density at radius 2 is 1.82 bits per heavy atom. The van der Waals surface area contributed by atoms with Crippen LogP contribution in [0.2, 0.25) is 0 Å². The van der Waals surface area contributed by atoms with E-state index >= 15 is 0 Å². The third kappa shape index (κ3) is 7.36. The number of unbranched alkanes of at least 4 members (excludes halogenated alkanes) is 3. The molecule has 28 heavy (non-hydrogen) atoms. The van der Waals surface area contributed by atoms with Gasteiger partial charge in [-0.15, -0.1) is 0 Å². The molecule has 0 aromatic carbocycles. The summed E-state index contributed by atoms with van der Waals surface area (Å²) in [7, 11) is 0. The topological polar surface area (TPSA) is 107 Å². The number of hydrogen-bond donors (Lipinski definition) is 2. The van der Waals surface area contributed by atoms with E-state index in [1.54, 1.807) is 11.5 Å². The molecule has 2 rings (SSSR count). The smallest absolute Gasteiger partial charge is 0.345 e. The average molecular weight is 396 g/mol. The molecule has 0 bridgehead atoms. The number of amides is 2. The molecule has 9 heteroatoms. The van der Waals surface area contributed by atoms with Gasteiger partial charge in [-0.2, -0.15) is 5.10 Å². The Morgan fingerprint density at radius 1 is 1.07 bits per heavy atom. The predicted octanol–water partition coefficient (Wildman–Crippen LogP) is 1.58. The maximum Gasteiger partial charge on any atom is 0.345 e. The fourth-order valence-electron chi connectivity index (χ4n) is 3.27. The Labute approximate surface area is 165 Å². The van der Waals surface area contributed by atoms with Crippen LogP contribution in [0.4, 0.5) is 4.79 Å². The molecule has 1 aliphatic rings. The maximum atomic E-state index is 12.2. The van der Waals surface area contributed by atoms with Crippen LogP contribution < -0.4 is 16.3 Å². The molecule has 0 atom stereocenters. The van der Waals surface area contributed by atoms with Crippen LogP contribution in [-0.4, -0.2) is 46.0 Å². The van der Waals surface area contributed by atoms with Crippen molar-refractivity contribution in [3.63, 3.8) is 0 Å². The zero-order valence-electron chi connectivity index (χ0n) is 16.9. The van der Waals surface area contributed by atoms with Crippen molar-refractivity contribution in [1.29, 1.82) is 0 Å². The molecule has 9 nitrogen and oxygen atoms in total. The number of rotatable bonds is 12. The molecule has 0 saturated carbocycles. The first kappa shape index (κ1) is 22.0. The summed E-state index contributed by atoms with van der Waals surface area (Å²) in [6, 6.07) is -0.192. The first-order chi connectivity index (χ1) is 13.6. The highest BCUT2D eigenvalue weighted by Gasteiger charge is 2.16. The van der Waals surface area contributed by atoms with E-state index in [1.807, 2.05) is 0 Å². The number of nitrogens with one attached hydrogen (secondary N) is 2. The van der Waals surface area contributed by atoms with Gasteiger partial charge in [0.25, 0.3) is 0 Å². The van der Waals surface area contributed by atoms with Gasteiger partial charge in [0.2, 0.25) is 0 Å². The molecule has 0 unspecified atom stereocenters. The number of ether oxygens (including phenoxy) is 1. The minimum absolute atomic E-state index is 0.0397. The molecule has 0 spiro atoms. The number of aromatic nitrogens is 3. The first-order valence-electron chi connectivity index (χ1n) is 10.5. The zero-order chi connectivity index (χ0) is 20.2. The van der Waals surface area contributed by atoms with E-state index in [-0.39, 0.29) is 17.7 Å². The van der Waals surface area contributed by atoms with Crippen LogP contribution in [0.1, 0.15) is 64.1 Å². The van der Waals surface area contributed by atoms with Gasteiger partial charge in [0.15, 0.2) is 0 Å². The van der Waals surface area contributed by atoms with Gasteiger partial charge in [0, 0.05) is 39.0 Å². The molecule has 1 aliphatic heterocycles. The quantitative estimate of drug-likeness (QED) is 0.413. The molecule has 0 fully saturated rings. The minimum atomic E-state index is -0.192. The number of nitrogens with zero attached hydrogens (tertiary/aromatic N) is 3. The normalized spacial score (nSPS) is 13.0. The molecule has 0 aliphatic carbocycles. The summed E-state index contributed by atoms with van der Waals surface area (Å²) in [6.07, 6.45) is 7.73. The van der Waals surface area contributed by atoms with Crippen molar-refractivity contribution in [2.75, 3.05) is 19.7 Å². The van der Waals surface area contributed by atoms with Crippen LogP contribution in [0.3, 0.4) is 0 Å². The van der Waals surface area contributed by atoms with Crippen molar-refractivity contribution in [2.24, 2.45) is 0 Å². The summed E-state index contributed by atoms with van der Waals surface area (Å²) in [5.41, 5.74) is -0.0397. The van der Waals surface area contributed by atoms with E-state index in [2.05, 4.69) is 15.7 Å². The fraction of sp³-hybridized carbons (Fsp3) is 0.789. The van der Waals surface area contributed by atoms with Gasteiger partial charge in [-0.1, -0.05) is 12.8 Å². The number of hydrogen-bond acceptors (Lipinski definition) is 5. The summed E-state index contributed by atoms with van der Waals surface area (Å²) in [5, 5.41) is 10.0. The Hall–Kier alpha value is -2.32. The highest BCUT2D eigenvalue weighted by atomic mass is 16.5. The Kier molecular flexibility index (Phi) is 9.57. The summed E-state index contributed by atoms with van der Waals surface area (Å²) in [5.74, 6) is 0.738. The monoisotopic (exact) mass is 395 g/mol. The number of carbonyl (C=O) groups is 2. The van der Waals surface area contributed by atoms with Crippen molar-refractivity contribution in [3.8, 4) is 0 Å². The van der Waals surface area contributed by atoms with Crippen molar-refractivity contribution in [1.82, 2.24) is 25.0 Å². The molecule has 2 N–H and O–H groups in total. The Bertz CT molecular complexity index is 682. The van der Waals surface area contributed by atoms with Gasteiger partial charge in [-0.05, 0) is 39.0 Å². The summed E-state index contributed by atoms with van der Waals surface area (Å²) >= 11 is 0. The minimum Gasteiger partial charge on any atom is -0.466 e. The van der Waals surface area contributed by atoms with E-state index in [4.69, 9.17) is 4.74 Å². The van der Waals surface area contributed by atoms with Crippen molar-refractivity contribution in [3.05, 3.63) is 16.3 Å². The third-order valence-corrected chi connectivity index (χ3v) is 4.76. The predicted molar refractivity (Wildman–Crippen MR) is 105 cm³/mol. The number of aryl methyl sites for hydroxylation is 2. The summed E-state index contributed by atoms with van der Waals surface area (Å²) in [6.45, 7) is 4.62. The van der Waals surface area contributed by atoms with E-state index in [0.29, 0.717) is 39.1 Å². The van der Waals surface area contributed by atoms with Crippen LogP contribution in [-0.2, 0) is 29.0 Å². The Balaban J connectivity index is 1.48. The lowest BCUT2D eigenvalue weighted by atomic mass is 10.1. The molecular weight excluding hydrogens is 362 g/mol. The van der Waals surface area contributed by atoms with Gasteiger partial charge >= 0.3 is 17.7 Å². The highest BCUT2D eigenvalue weighted by molar-refractivity contribution is 5.73. The van der Waals surface area contributed by atoms with Gasteiger partial charge in [-0.3, -0.25) is 9.36 Å². The molecule has 0 saturated heterocycles. The van der Waals surface area contributed by atoms with Crippen LogP contribution in [0.15, 0.2) is 4.79 Å². The fourth-order valence-corrected chi connectivity index (χ4v) is 3.27. The van der Waals surface area contributed by atoms with E-state index in [9.17, 15) is 14.4 Å². The third-order valence-electron chi connectivity index (χ3n) is 4.76. The van der Waals surface area contributed by atoms with Gasteiger partial charge in [0.05, 0.1) is 6.61 Å². The lowest BCUT2D eigenvalue weighted by Gasteiger charge is -2.09. The Morgan fingerprint density at radius 3 is 2.57 bits per heavy atom. The van der Waals surface area contributed by atoms with Gasteiger partial charge in [-0.25, -0.2) is 14.3 Å². The van der Waals surface area contributed by atoms with E-state index in [0.717, 1.165) is 57.3 Å². The molecule has 158 valence electrons. The lowest BCUT2D eigenvalue weighted by Crippen LogP contribution is -2.37. The van der Waals surface area contributed by atoms with E-state index < -0.39 is 0 Å². The number of carbonyl (C=O) groups excluding carboxylic acids is 2. The molecular formula is C19H33N5O4. The summed E-state index contributed by atoms with van der Waals surface area (Å²) < 4.78 is 8.15. The van der Waals surface area contributed by atoms with Crippen molar-refractivity contribution >= 4 is 12.0 Å². The SMILES string of the molecule is CCOC(=O)CCCCCCNC(=O)NCCCn1nc2n(c1=O)CCCC2. The first-order valence-corrected chi connectivity index (χ1v) is 10.5. The van der Waals surface area contributed by atoms with Crippen LogP contribution >= 0.6 is 0 Å². The molecule has 1 aromatic heterocycles. The molecule has 0 radical (unpaired) electrons. The molecule has 2 amide bonds. The average Bonchev–Trinajstić information content (AvgIpc) is 3.01. The summed E-state index contributed by atoms with van der Waals surface area (Å²) in [4.78, 5) is 35.2. The molecule has 1 aromatic rings. The van der Waals surface area contributed by atoms with Gasteiger partial charge < -0.3 is 15.4 Å². The second-order valence-electron chi connectivity index (χ2n) is 7.04. The standard InChI is InChI=1S/C19H33N5O4/c1-2-28-17(25)11-5-3-4-7-12-20-18(26)21-13-9-15-24-19(27)23-14-8-6-10-16(23)22-24/h2-15H2,1H3,(H2,20,21,26). The molecule has 2 heterocycles. The van der Waals surface area contributed by atoms with Crippen LogP contribution in [0.5, 0.6) is 0 Å². The second kappa shape index (κ2) is 12.2. The van der Waals surface area contributed by atoms with Gasteiger partial charge in [0.1, 0.15) is 5.82 Å². The van der Waals surface area contributed by atoms with Crippen molar-refractivity contribution in [2.45, 2.75) is 77.8 Å². The number of fused-ring (bicyclic) bond motifs is 1.